The molecule has 2 aromatic rings. The van der Waals surface area contributed by atoms with E-state index in [0.717, 1.165) is 34.4 Å². The van der Waals surface area contributed by atoms with Gasteiger partial charge in [0, 0.05) is 11.1 Å². The van der Waals surface area contributed by atoms with E-state index in [9.17, 15) is 0 Å². The van der Waals surface area contributed by atoms with Gasteiger partial charge in [-0.2, -0.15) is 0 Å². The van der Waals surface area contributed by atoms with Gasteiger partial charge in [-0.3, -0.25) is 0 Å². The topological polar surface area (TPSA) is 27.1 Å². The van der Waals surface area contributed by atoms with Gasteiger partial charge in [0.1, 0.15) is 5.82 Å². The number of nitrogens with zero attached hydrogens (tertiary/aromatic N) is 2. The number of hydrogen-bond donors (Lipinski definition) is 0. The van der Waals surface area contributed by atoms with Gasteiger partial charge < -0.3 is 9.30 Å². The van der Waals surface area contributed by atoms with E-state index in [1.54, 1.807) is 0 Å². The summed E-state index contributed by atoms with van der Waals surface area (Å²) >= 11 is 9.63. The van der Waals surface area contributed by atoms with Crippen LogP contribution in [-0.4, -0.2) is 22.3 Å². The summed E-state index contributed by atoms with van der Waals surface area (Å²) < 4.78 is 9.08. The van der Waals surface area contributed by atoms with E-state index in [4.69, 9.17) is 16.3 Å². The van der Waals surface area contributed by atoms with Crippen LogP contribution < -0.4 is 0 Å². The third-order valence-corrected chi connectivity index (χ3v) is 4.90. The zero-order valence-electron chi connectivity index (χ0n) is 11.0. The second-order valence-corrected chi connectivity index (χ2v) is 6.43. The first-order chi connectivity index (χ1) is 9.06. The summed E-state index contributed by atoms with van der Waals surface area (Å²) in [5.41, 5.74) is 2.02. The Bertz CT molecular complexity index is 627. The highest BCUT2D eigenvalue weighted by Gasteiger charge is 2.40. The molecule has 1 aromatic carbocycles. The summed E-state index contributed by atoms with van der Waals surface area (Å²) in [6.07, 6.45) is 1.14. The lowest BCUT2D eigenvalue weighted by Crippen LogP contribution is -2.37. The van der Waals surface area contributed by atoms with Crippen LogP contribution in [-0.2, 0) is 16.2 Å². The molecule has 102 valence electrons. The van der Waals surface area contributed by atoms with Gasteiger partial charge in [-0.25, -0.2) is 4.98 Å². The molecule has 5 heteroatoms. The number of imidazole rings is 1. The Morgan fingerprint density at radius 2 is 2.37 bits per heavy atom. The third kappa shape index (κ3) is 2.01. The monoisotopic (exact) mass is 342 g/mol. The highest BCUT2D eigenvalue weighted by Crippen LogP contribution is 2.37. The molecule has 0 N–H and O–H groups in total. The second-order valence-electron chi connectivity index (χ2n) is 5.25. The fraction of sp³-hybridized carbons (Fsp3) is 0.500. The lowest BCUT2D eigenvalue weighted by Gasteiger charge is -2.31. The Labute approximate surface area is 126 Å². The number of fused-ring (bicyclic) bond motifs is 1. The lowest BCUT2D eigenvalue weighted by molar-refractivity contribution is 0.0766. The maximum atomic E-state index is 6.10. The van der Waals surface area contributed by atoms with Crippen LogP contribution >= 0.6 is 27.5 Å². The first-order valence-corrected chi connectivity index (χ1v) is 7.74. The molecular weight excluding hydrogens is 328 g/mol. The molecule has 0 bridgehead atoms. The van der Waals surface area contributed by atoms with Crippen molar-refractivity contribution in [3.05, 3.63) is 28.5 Å². The zero-order chi connectivity index (χ0) is 13.6. The van der Waals surface area contributed by atoms with Crippen molar-refractivity contribution in [2.75, 3.05) is 6.61 Å². The SMILES string of the molecule is CC1OCCC1(C)n1c(CCl)nc2ccc(Br)cc21. The Morgan fingerprint density at radius 3 is 3.00 bits per heavy atom. The summed E-state index contributed by atoms with van der Waals surface area (Å²) in [6, 6.07) is 6.14. The zero-order valence-corrected chi connectivity index (χ0v) is 13.3. The molecule has 1 aliphatic heterocycles. The molecule has 1 saturated heterocycles. The fourth-order valence-corrected chi connectivity index (χ4v) is 3.40. The van der Waals surface area contributed by atoms with E-state index in [1.807, 2.05) is 12.1 Å². The van der Waals surface area contributed by atoms with E-state index >= 15 is 0 Å². The molecule has 0 radical (unpaired) electrons. The van der Waals surface area contributed by atoms with Crippen LogP contribution in [0.15, 0.2) is 22.7 Å². The van der Waals surface area contributed by atoms with Gasteiger partial charge in [0.2, 0.25) is 0 Å². The molecule has 2 heterocycles. The number of rotatable bonds is 2. The van der Waals surface area contributed by atoms with Gasteiger partial charge in [0.25, 0.3) is 0 Å². The van der Waals surface area contributed by atoms with Gasteiger partial charge in [-0.05, 0) is 38.5 Å². The van der Waals surface area contributed by atoms with Crippen molar-refractivity contribution in [1.82, 2.24) is 9.55 Å². The van der Waals surface area contributed by atoms with Crippen LogP contribution in [0.25, 0.3) is 11.0 Å². The van der Waals surface area contributed by atoms with E-state index in [2.05, 4.69) is 45.4 Å². The maximum absolute atomic E-state index is 6.10. The van der Waals surface area contributed by atoms with E-state index < -0.39 is 0 Å². The minimum atomic E-state index is -0.0836. The Hall–Kier alpha value is -0.580. The predicted molar refractivity (Wildman–Crippen MR) is 80.7 cm³/mol. The number of aromatic nitrogens is 2. The molecule has 0 aliphatic carbocycles. The van der Waals surface area contributed by atoms with Crippen LogP contribution in [0.3, 0.4) is 0 Å². The molecule has 0 saturated carbocycles. The van der Waals surface area contributed by atoms with Gasteiger partial charge in [-0.15, -0.1) is 11.6 Å². The molecule has 0 spiro atoms. The summed E-state index contributed by atoms with van der Waals surface area (Å²) in [4.78, 5) is 4.65. The predicted octanol–water partition coefficient (Wildman–Crippen LogP) is 4.06. The molecule has 1 fully saturated rings. The molecule has 1 aromatic heterocycles. The van der Waals surface area contributed by atoms with Crippen molar-refractivity contribution in [1.29, 1.82) is 0 Å². The normalized spacial score (nSPS) is 27.3. The quantitative estimate of drug-likeness (QED) is 0.769. The number of halogens is 2. The van der Waals surface area contributed by atoms with Crippen LogP contribution in [0.5, 0.6) is 0 Å². The average Bonchev–Trinajstić information content (AvgIpc) is 2.91. The highest BCUT2D eigenvalue weighted by molar-refractivity contribution is 9.10. The van der Waals surface area contributed by atoms with Crippen molar-refractivity contribution in [2.45, 2.75) is 37.8 Å². The maximum Gasteiger partial charge on any atom is 0.125 e. The number of ether oxygens (including phenoxy) is 1. The van der Waals surface area contributed by atoms with Crippen LogP contribution in [0, 0.1) is 0 Å². The average molecular weight is 344 g/mol. The van der Waals surface area contributed by atoms with Crippen molar-refractivity contribution in [3.63, 3.8) is 0 Å². The smallest absolute Gasteiger partial charge is 0.125 e. The molecule has 2 atom stereocenters. The minimum Gasteiger partial charge on any atom is -0.376 e. The largest absolute Gasteiger partial charge is 0.376 e. The Kier molecular flexibility index (Phi) is 3.36. The van der Waals surface area contributed by atoms with Gasteiger partial charge in [0.05, 0.1) is 28.6 Å². The second kappa shape index (κ2) is 4.76. The molecular formula is C14H16BrClN2O. The molecule has 19 heavy (non-hydrogen) atoms. The molecule has 3 nitrogen and oxygen atoms in total. The summed E-state index contributed by atoms with van der Waals surface area (Å²) in [5.74, 6) is 1.32. The van der Waals surface area contributed by atoms with Crippen LogP contribution in [0.2, 0.25) is 0 Å². The van der Waals surface area contributed by atoms with Crippen molar-refractivity contribution >= 4 is 38.6 Å². The van der Waals surface area contributed by atoms with Crippen LogP contribution in [0.1, 0.15) is 26.1 Å². The Balaban J connectivity index is 2.29. The standard InChI is InChI=1S/C14H16BrClN2O/c1-9-14(2,5-6-19-9)18-12-7-10(15)3-4-11(12)17-13(18)8-16/h3-4,7,9H,5-6,8H2,1-2H3. The van der Waals surface area contributed by atoms with Gasteiger partial charge in [-0.1, -0.05) is 15.9 Å². The van der Waals surface area contributed by atoms with Crippen molar-refractivity contribution in [3.8, 4) is 0 Å². The van der Waals surface area contributed by atoms with Gasteiger partial charge >= 0.3 is 0 Å². The van der Waals surface area contributed by atoms with Crippen molar-refractivity contribution < 1.29 is 4.74 Å². The first-order valence-electron chi connectivity index (χ1n) is 6.41. The van der Waals surface area contributed by atoms with E-state index in [-0.39, 0.29) is 11.6 Å². The molecule has 3 rings (SSSR count). The van der Waals surface area contributed by atoms with Crippen molar-refractivity contribution in [2.24, 2.45) is 0 Å². The highest BCUT2D eigenvalue weighted by atomic mass is 79.9. The lowest BCUT2D eigenvalue weighted by atomic mass is 9.93. The molecule has 2 unspecified atom stereocenters. The third-order valence-electron chi connectivity index (χ3n) is 4.17. The summed E-state index contributed by atoms with van der Waals surface area (Å²) in [5, 5.41) is 0. The number of alkyl halides is 1. The Morgan fingerprint density at radius 1 is 1.58 bits per heavy atom. The number of benzene rings is 1. The first kappa shape index (κ1) is 13.4. The van der Waals surface area contributed by atoms with E-state index in [0.29, 0.717) is 5.88 Å². The molecule has 1 aliphatic rings. The van der Waals surface area contributed by atoms with Crippen LogP contribution in [0.4, 0.5) is 0 Å². The number of hydrogen-bond acceptors (Lipinski definition) is 2. The van der Waals surface area contributed by atoms with Gasteiger partial charge in [0.15, 0.2) is 0 Å². The minimum absolute atomic E-state index is 0.0836. The fourth-order valence-electron chi connectivity index (χ4n) is 2.88. The summed E-state index contributed by atoms with van der Waals surface area (Å²) in [6.45, 7) is 5.13. The van der Waals surface area contributed by atoms with E-state index in [1.165, 1.54) is 0 Å². The molecule has 0 amide bonds. The summed E-state index contributed by atoms with van der Waals surface area (Å²) in [7, 11) is 0.